The van der Waals surface area contributed by atoms with Gasteiger partial charge in [-0.1, -0.05) is 26.8 Å². The predicted octanol–water partition coefficient (Wildman–Crippen LogP) is 5.44. The van der Waals surface area contributed by atoms with E-state index in [9.17, 15) is 9.18 Å². The first-order chi connectivity index (χ1) is 17.6. The highest BCUT2D eigenvalue weighted by atomic mass is 19.1. The van der Waals surface area contributed by atoms with Crippen molar-refractivity contribution >= 4 is 12.0 Å². The number of carbonyl (C=O) groups is 1. The van der Waals surface area contributed by atoms with Gasteiger partial charge in [-0.15, -0.1) is 0 Å². The molecule has 3 aromatic rings. The first-order valence-corrected chi connectivity index (χ1v) is 11.8. The lowest BCUT2D eigenvalue weighted by atomic mass is 9.87. The number of methoxy groups -OCH3 is 2. The predicted molar refractivity (Wildman–Crippen MR) is 138 cm³/mol. The molecule has 196 valence electrons. The van der Waals surface area contributed by atoms with Crippen LogP contribution in [0.5, 0.6) is 17.4 Å². The van der Waals surface area contributed by atoms with Crippen LogP contribution in [0, 0.1) is 11.2 Å². The minimum Gasteiger partial charge on any atom is -0.497 e. The average molecular weight is 510 g/mol. The first kappa shape index (κ1) is 27.6. The molecular weight excluding hydrogens is 477 g/mol. The van der Waals surface area contributed by atoms with Crippen LogP contribution in [0.2, 0.25) is 0 Å². The summed E-state index contributed by atoms with van der Waals surface area (Å²) in [6, 6.07) is 8.28. The van der Waals surface area contributed by atoms with E-state index >= 15 is 0 Å². The standard InChI is InChI=1S/C28H32FN3O5/c1-7-36-25(33)13-12-23-26(35-6)27(31-17-30-23)37-16-18-8-10-20(24(32-18)15-28(2,3)4)21-14-19(34-5)9-11-22(21)29/h8-14,17H,7,15-16H2,1-6H3/b13-12+. The molecule has 0 aliphatic carbocycles. The van der Waals surface area contributed by atoms with Gasteiger partial charge in [0.15, 0.2) is 0 Å². The van der Waals surface area contributed by atoms with Crippen LogP contribution in [0.4, 0.5) is 4.39 Å². The Morgan fingerprint density at radius 3 is 2.51 bits per heavy atom. The molecule has 0 spiro atoms. The van der Waals surface area contributed by atoms with Gasteiger partial charge in [0.25, 0.3) is 5.88 Å². The van der Waals surface area contributed by atoms with Crippen molar-refractivity contribution in [3.05, 3.63) is 65.6 Å². The molecule has 0 atom stereocenters. The van der Waals surface area contributed by atoms with Gasteiger partial charge >= 0.3 is 5.97 Å². The maximum absolute atomic E-state index is 14.8. The van der Waals surface area contributed by atoms with Crippen LogP contribution in [0.25, 0.3) is 17.2 Å². The lowest BCUT2D eigenvalue weighted by Crippen LogP contribution is -2.13. The molecule has 0 aliphatic heterocycles. The Hall–Kier alpha value is -4.01. The maximum atomic E-state index is 14.8. The molecule has 0 saturated heterocycles. The largest absolute Gasteiger partial charge is 0.497 e. The second-order valence-electron chi connectivity index (χ2n) is 9.35. The van der Waals surface area contributed by atoms with Gasteiger partial charge in [0.2, 0.25) is 5.75 Å². The maximum Gasteiger partial charge on any atom is 0.330 e. The van der Waals surface area contributed by atoms with Gasteiger partial charge in [0.05, 0.1) is 26.5 Å². The third-order valence-corrected chi connectivity index (χ3v) is 5.22. The fraction of sp³-hybridized carbons (Fsp3) is 0.357. The molecule has 0 saturated carbocycles. The van der Waals surface area contributed by atoms with E-state index in [0.717, 1.165) is 5.69 Å². The number of halogens is 1. The number of carbonyl (C=O) groups excluding carboxylic acids is 1. The molecule has 2 aromatic heterocycles. The number of aromatic nitrogens is 3. The van der Waals surface area contributed by atoms with Gasteiger partial charge in [0, 0.05) is 22.9 Å². The SMILES string of the molecule is CCOC(=O)/C=C/c1ncnc(OCc2ccc(-c3cc(OC)ccc3F)c(CC(C)(C)C)n2)c1OC. The van der Waals surface area contributed by atoms with E-state index in [0.29, 0.717) is 34.7 Å². The Kier molecular flexibility index (Phi) is 9.16. The number of nitrogens with zero attached hydrogens (tertiary/aromatic N) is 3. The highest BCUT2D eigenvalue weighted by Gasteiger charge is 2.20. The lowest BCUT2D eigenvalue weighted by Gasteiger charge is -2.21. The summed E-state index contributed by atoms with van der Waals surface area (Å²) < 4.78 is 36.3. The van der Waals surface area contributed by atoms with Crippen molar-refractivity contribution < 1.29 is 28.1 Å². The summed E-state index contributed by atoms with van der Waals surface area (Å²) in [4.78, 5) is 24.8. The zero-order chi connectivity index (χ0) is 27.0. The highest BCUT2D eigenvalue weighted by Crippen LogP contribution is 2.33. The number of pyridine rings is 1. The zero-order valence-electron chi connectivity index (χ0n) is 22.0. The summed E-state index contributed by atoms with van der Waals surface area (Å²) in [7, 11) is 3.01. The summed E-state index contributed by atoms with van der Waals surface area (Å²) in [5.74, 6) is 0.190. The van der Waals surface area contributed by atoms with E-state index in [-0.39, 0.29) is 36.1 Å². The summed E-state index contributed by atoms with van der Waals surface area (Å²) in [6.07, 6.45) is 4.67. The molecule has 0 radical (unpaired) electrons. The third-order valence-electron chi connectivity index (χ3n) is 5.22. The van der Waals surface area contributed by atoms with Crippen molar-refractivity contribution in [2.45, 2.75) is 40.7 Å². The number of ether oxygens (including phenoxy) is 4. The van der Waals surface area contributed by atoms with E-state index in [1.165, 1.54) is 31.7 Å². The molecule has 1 aromatic carbocycles. The fourth-order valence-electron chi connectivity index (χ4n) is 3.61. The van der Waals surface area contributed by atoms with Crippen molar-refractivity contribution in [2.24, 2.45) is 5.41 Å². The van der Waals surface area contributed by atoms with Crippen molar-refractivity contribution in [2.75, 3.05) is 20.8 Å². The number of hydrogen-bond acceptors (Lipinski definition) is 8. The summed E-state index contributed by atoms with van der Waals surface area (Å²) in [5.41, 5.74) is 2.78. The summed E-state index contributed by atoms with van der Waals surface area (Å²) in [5, 5.41) is 0. The number of hydrogen-bond donors (Lipinski definition) is 0. The molecule has 0 N–H and O–H groups in total. The molecule has 0 aliphatic rings. The molecule has 0 amide bonds. The van der Waals surface area contributed by atoms with Crippen molar-refractivity contribution in [1.29, 1.82) is 0 Å². The van der Waals surface area contributed by atoms with Crippen molar-refractivity contribution in [3.63, 3.8) is 0 Å². The van der Waals surface area contributed by atoms with E-state index in [4.69, 9.17) is 23.9 Å². The Balaban J connectivity index is 1.91. The normalized spacial score (nSPS) is 11.4. The van der Waals surface area contributed by atoms with Gasteiger partial charge in [-0.3, -0.25) is 4.98 Å². The summed E-state index contributed by atoms with van der Waals surface area (Å²) >= 11 is 0. The number of rotatable bonds is 10. The third kappa shape index (κ3) is 7.49. The second kappa shape index (κ2) is 12.3. The van der Waals surface area contributed by atoms with Crippen LogP contribution < -0.4 is 14.2 Å². The van der Waals surface area contributed by atoms with E-state index in [1.807, 2.05) is 6.07 Å². The Labute approximate surface area is 216 Å². The lowest BCUT2D eigenvalue weighted by molar-refractivity contribution is -0.137. The summed E-state index contributed by atoms with van der Waals surface area (Å²) in [6.45, 7) is 8.38. The minimum absolute atomic E-state index is 0.0897. The smallest absolute Gasteiger partial charge is 0.330 e. The van der Waals surface area contributed by atoms with Gasteiger partial charge in [-0.2, -0.15) is 4.98 Å². The molecule has 8 nitrogen and oxygen atoms in total. The Morgan fingerprint density at radius 1 is 1.05 bits per heavy atom. The molecular formula is C28H32FN3O5. The number of benzene rings is 1. The molecule has 0 bridgehead atoms. The van der Waals surface area contributed by atoms with Gasteiger partial charge in [0.1, 0.15) is 30.2 Å². The molecule has 37 heavy (non-hydrogen) atoms. The van der Waals surface area contributed by atoms with Crippen molar-refractivity contribution in [3.8, 4) is 28.5 Å². The molecule has 2 heterocycles. The molecule has 0 unspecified atom stereocenters. The topological polar surface area (TPSA) is 92.7 Å². The van der Waals surface area contributed by atoms with E-state index in [2.05, 4.69) is 30.7 Å². The van der Waals surface area contributed by atoms with Crippen LogP contribution in [0.3, 0.4) is 0 Å². The van der Waals surface area contributed by atoms with Crippen LogP contribution in [-0.4, -0.2) is 41.7 Å². The fourth-order valence-corrected chi connectivity index (χ4v) is 3.61. The molecule has 9 heteroatoms. The van der Waals surface area contributed by atoms with Gasteiger partial charge in [-0.25, -0.2) is 14.2 Å². The van der Waals surface area contributed by atoms with Crippen LogP contribution in [0.1, 0.15) is 44.8 Å². The monoisotopic (exact) mass is 509 g/mol. The van der Waals surface area contributed by atoms with Gasteiger partial charge in [-0.05, 0) is 49.1 Å². The van der Waals surface area contributed by atoms with E-state index in [1.54, 1.807) is 32.2 Å². The van der Waals surface area contributed by atoms with Crippen molar-refractivity contribution in [1.82, 2.24) is 15.0 Å². The minimum atomic E-state index is -0.492. The van der Waals surface area contributed by atoms with E-state index < -0.39 is 5.97 Å². The van der Waals surface area contributed by atoms with Crippen LogP contribution in [0.15, 0.2) is 42.7 Å². The highest BCUT2D eigenvalue weighted by molar-refractivity contribution is 5.87. The molecule has 3 rings (SSSR count). The first-order valence-electron chi connectivity index (χ1n) is 11.8. The Bertz CT molecular complexity index is 1270. The van der Waals surface area contributed by atoms with Crippen LogP contribution >= 0.6 is 0 Å². The number of esters is 1. The van der Waals surface area contributed by atoms with Crippen LogP contribution in [-0.2, 0) is 22.6 Å². The average Bonchev–Trinajstić information content (AvgIpc) is 2.86. The molecule has 0 fully saturated rings. The Morgan fingerprint density at radius 2 is 1.84 bits per heavy atom. The quantitative estimate of drug-likeness (QED) is 0.264. The zero-order valence-corrected chi connectivity index (χ0v) is 22.0. The second-order valence-corrected chi connectivity index (χ2v) is 9.35. The van der Waals surface area contributed by atoms with Gasteiger partial charge < -0.3 is 18.9 Å².